The largest absolute Gasteiger partial charge is 0.309 e. The van der Waals surface area contributed by atoms with Gasteiger partial charge in [-0.1, -0.05) is 146 Å². The Morgan fingerprint density at radius 1 is 0.377 bits per heavy atom. The summed E-state index contributed by atoms with van der Waals surface area (Å²) in [6.45, 7) is 0. The van der Waals surface area contributed by atoms with E-state index in [4.69, 9.17) is 4.98 Å². The zero-order chi connectivity index (χ0) is 35.1. The van der Waals surface area contributed by atoms with E-state index in [1.807, 2.05) is 60.7 Å². The van der Waals surface area contributed by atoms with Crippen molar-refractivity contribution in [2.45, 2.75) is 0 Å². The van der Waals surface area contributed by atoms with E-state index in [1.165, 1.54) is 32.3 Å². The lowest BCUT2D eigenvalue weighted by atomic mass is 9.95. The highest BCUT2D eigenvalue weighted by molar-refractivity contribution is 7.85. The minimum absolute atomic E-state index is 0.841. The number of benzene rings is 9. The molecule has 0 saturated carbocycles. The summed E-state index contributed by atoms with van der Waals surface area (Å²) in [6.07, 6.45) is 0. The first kappa shape index (κ1) is 30.1. The smallest absolute Gasteiger partial charge is 0.171 e. The monoisotopic (exact) mass is 694 g/mol. The van der Waals surface area contributed by atoms with Gasteiger partial charge in [0.1, 0.15) is 5.65 Å². The molecule has 0 spiro atoms. The molecule has 0 amide bonds. The highest BCUT2D eigenvalue weighted by Crippen LogP contribution is 2.44. The number of aromatic nitrogens is 2. The minimum Gasteiger partial charge on any atom is -0.309 e. The fourth-order valence-corrected chi connectivity index (χ4v) is 11.1. The molecule has 0 aliphatic rings. The van der Waals surface area contributed by atoms with Crippen molar-refractivity contribution < 1.29 is 4.57 Å². The molecule has 53 heavy (non-hydrogen) atoms. The van der Waals surface area contributed by atoms with E-state index in [0.717, 1.165) is 65.4 Å². The summed E-state index contributed by atoms with van der Waals surface area (Å²) in [5.41, 5.74) is 6.52. The van der Waals surface area contributed by atoms with Gasteiger partial charge in [-0.15, -0.1) is 0 Å². The second kappa shape index (κ2) is 11.5. The number of fused-ring (bicyclic) bond motifs is 12. The van der Waals surface area contributed by atoms with Gasteiger partial charge in [-0.2, -0.15) is 0 Å². The standard InChI is InChI=1S/C49H31N2OP/c52-53(38-13-3-1-4-14-38,39-15-5-2-6-16-39)40-23-26-42-37(28-40)20-19-36-27-34(21-24-41(36)42)35-22-25-43-44-29-32-11-7-8-12-33(32)30-45(44)49-50-46-17-9-10-18-47(46)51(49)48(43)31-35/h1-31H. The summed E-state index contributed by atoms with van der Waals surface area (Å²) in [5.74, 6) is 0. The molecule has 2 heterocycles. The molecule has 11 rings (SSSR count). The average Bonchev–Trinajstić information content (AvgIpc) is 3.63. The number of hydrogen-bond donors (Lipinski definition) is 0. The number of rotatable bonds is 4. The number of pyridine rings is 1. The molecule has 0 unspecified atom stereocenters. The Kier molecular flexibility index (Phi) is 6.53. The van der Waals surface area contributed by atoms with Crippen molar-refractivity contribution >= 4 is 93.7 Å². The lowest BCUT2D eigenvalue weighted by molar-refractivity contribution is 0.592. The molecule has 11 aromatic rings. The zero-order valence-corrected chi connectivity index (χ0v) is 29.5. The molecule has 3 nitrogen and oxygen atoms in total. The first-order valence-electron chi connectivity index (χ1n) is 18.0. The van der Waals surface area contributed by atoms with E-state index < -0.39 is 7.14 Å². The summed E-state index contributed by atoms with van der Waals surface area (Å²) in [6, 6.07) is 65.7. The van der Waals surface area contributed by atoms with E-state index in [9.17, 15) is 0 Å². The van der Waals surface area contributed by atoms with Gasteiger partial charge in [0, 0.05) is 26.7 Å². The summed E-state index contributed by atoms with van der Waals surface area (Å²) in [5, 5.41) is 13.1. The summed E-state index contributed by atoms with van der Waals surface area (Å²) >= 11 is 0. The number of nitrogens with zero attached hydrogens (tertiary/aromatic N) is 2. The van der Waals surface area contributed by atoms with Gasteiger partial charge in [0.15, 0.2) is 7.14 Å². The Balaban J connectivity index is 1.07. The predicted molar refractivity (Wildman–Crippen MR) is 225 cm³/mol. The highest BCUT2D eigenvalue weighted by atomic mass is 31.2. The van der Waals surface area contributed by atoms with Crippen LogP contribution in [0.4, 0.5) is 0 Å². The minimum atomic E-state index is -3.07. The van der Waals surface area contributed by atoms with Crippen LogP contribution < -0.4 is 15.9 Å². The Morgan fingerprint density at radius 2 is 0.943 bits per heavy atom. The first-order chi connectivity index (χ1) is 26.1. The second-order valence-corrected chi connectivity index (χ2v) is 16.7. The highest BCUT2D eigenvalue weighted by Gasteiger charge is 2.29. The fourth-order valence-electron chi connectivity index (χ4n) is 8.38. The average molecular weight is 695 g/mol. The zero-order valence-electron chi connectivity index (χ0n) is 28.6. The molecule has 2 aromatic heterocycles. The van der Waals surface area contributed by atoms with E-state index >= 15 is 4.57 Å². The van der Waals surface area contributed by atoms with Gasteiger partial charge in [-0.3, -0.25) is 4.40 Å². The van der Waals surface area contributed by atoms with Crippen LogP contribution in [0.15, 0.2) is 188 Å². The Labute approximate surface area is 305 Å². The van der Waals surface area contributed by atoms with Crippen molar-refractivity contribution in [3.8, 4) is 11.1 Å². The van der Waals surface area contributed by atoms with Gasteiger partial charge < -0.3 is 4.57 Å². The maximum absolute atomic E-state index is 15.1. The van der Waals surface area contributed by atoms with Crippen molar-refractivity contribution in [2.24, 2.45) is 0 Å². The van der Waals surface area contributed by atoms with Gasteiger partial charge in [0.05, 0.1) is 16.6 Å². The van der Waals surface area contributed by atoms with Crippen LogP contribution in [0.1, 0.15) is 0 Å². The van der Waals surface area contributed by atoms with E-state index in [0.29, 0.717) is 0 Å². The van der Waals surface area contributed by atoms with Crippen LogP contribution in [0.3, 0.4) is 0 Å². The topological polar surface area (TPSA) is 34.4 Å². The SMILES string of the molecule is O=P(c1ccccc1)(c1ccccc1)c1ccc2c(ccc3cc(-c4ccc5c6cc7ccccc7cc6c6nc7ccccc7n6c5c4)ccc32)c1. The van der Waals surface area contributed by atoms with Crippen LogP contribution in [-0.4, -0.2) is 9.38 Å². The van der Waals surface area contributed by atoms with Crippen molar-refractivity contribution in [1.29, 1.82) is 0 Å². The Morgan fingerprint density at radius 3 is 1.66 bits per heavy atom. The van der Waals surface area contributed by atoms with Crippen molar-refractivity contribution in [2.75, 3.05) is 0 Å². The fraction of sp³-hybridized carbons (Fsp3) is 0. The molecule has 0 N–H and O–H groups in total. The van der Waals surface area contributed by atoms with Gasteiger partial charge in [0.2, 0.25) is 0 Å². The maximum atomic E-state index is 15.1. The van der Waals surface area contributed by atoms with Gasteiger partial charge in [-0.25, -0.2) is 4.98 Å². The summed E-state index contributed by atoms with van der Waals surface area (Å²) < 4.78 is 17.4. The van der Waals surface area contributed by atoms with Crippen molar-refractivity contribution in [1.82, 2.24) is 9.38 Å². The lowest BCUT2D eigenvalue weighted by Gasteiger charge is -2.20. The molecular formula is C49H31N2OP. The summed E-state index contributed by atoms with van der Waals surface area (Å²) in [4.78, 5) is 5.17. The third kappa shape index (κ3) is 4.54. The van der Waals surface area contributed by atoms with Crippen LogP contribution >= 0.6 is 7.14 Å². The Hall–Kier alpha value is -6.54. The van der Waals surface area contributed by atoms with Crippen molar-refractivity contribution in [3.63, 3.8) is 0 Å². The van der Waals surface area contributed by atoms with Crippen LogP contribution in [0.5, 0.6) is 0 Å². The third-order valence-corrected chi connectivity index (χ3v) is 14.0. The van der Waals surface area contributed by atoms with Crippen LogP contribution in [0.25, 0.3) is 81.8 Å². The van der Waals surface area contributed by atoms with E-state index in [-0.39, 0.29) is 0 Å². The number of imidazole rings is 1. The molecule has 0 atom stereocenters. The number of para-hydroxylation sites is 2. The molecule has 9 aromatic carbocycles. The quantitative estimate of drug-likeness (QED) is 0.104. The number of hydrogen-bond acceptors (Lipinski definition) is 2. The summed E-state index contributed by atoms with van der Waals surface area (Å²) in [7, 11) is -3.07. The predicted octanol–water partition coefficient (Wildman–Crippen LogP) is 11.6. The second-order valence-electron chi connectivity index (χ2n) is 13.9. The molecule has 0 bridgehead atoms. The first-order valence-corrected chi connectivity index (χ1v) is 19.7. The third-order valence-electron chi connectivity index (χ3n) is 11.0. The molecule has 0 fully saturated rings. The van der Waals surface area contributed by atoms with Crippen molar-refractivity contribution in [3.05, 3.63) is 188 Å². The molecule has 0 aliphatic carbocycles. The lowest BCUT2D eigenvalue weighted by Crippen LogP contribution is -2.24. The molecule has 248 valence electrons. The van der Waals surface area contributed by atoms with Crippen LogP contribution in [-0.2, 0) is 4.57 Å². The van der Waals surface area contributed by atoms with Gasteiger partial charge >= 0.3 is 0 Å². The van der Waals surface area contributed by atoms with E-state index in [1.54, 1.807) is 0 Å². The molecule has 0 radical (unpaired) electrons. The molecule has 0 aliphatic heterocycles. The molecular weight excluding hydrogens is 664 g/mol. The molecule has 4 heteroatoms. The van der Waals surface area contributed by atoms with Crippen LogP contribution in [0.2, 0.25) is 0 Å². The normalized spacial score (nSPS) is 12.2. The van der Waals surface area contributed by atoms with Gasteiger partial charge in [0.25, 0.3) is 0 Å². The molecule has 0 saturated heterocycles. The van der Waals surface area contributed by atoms with E-state index in [2.05, 4.69) is 132 Å². The van der Waals surface area contributed by atoms with Gasteiger partial charge in [-0.05, 0) is 91.3 Å². The Bertz CT molecular complexity index is 3270. The van der Waals surface area contributed by atoms with Crippen LogP contribution in [0, 0.1) is 0 Å². The maximum Gasteiger partial charge on any atom is 0.171 e.